The van der Waals surface area contributed by atoms with E-state index in [2.05, 4.69) is 0 Å². The molecule has 1 aliphatic heterocycles. The van der Waals surface area contributed by atoms with Crippen LogP contribution in [-0.4, -0.2) is 42.1 Å². The minimum Gasteiger partial charge on any atom is -0.496 e. The molecule has 1 aliphatic rings. The van der Waals surface area contributed by atoms with Gasteiger partial charge in [0.05, 0.1) is 18.6 Å². The lowest BCUT2D eigenvalue weighted by molar-refractivity contribution is -0.141. The molecule has 1 atom stereocenters. The van der Waals surface area contributed by atoms with Crippen LogP contribution in [0.5, 0.6) is 5.75 Å². The van der Waals surface area contributed by atoms with Crippen molar-refractivity contribution in [3.63, 3.8) is 0 Å². The van der Waals surface area contributed by atoms with E-state index in [0.29, 0.717) is 29.3 Å². The number of methoxy groups -OCH3 is 1. The maximum absolute atomic E-state index is 12.3. The van der Waals surface area contributed by atoms with Crippen LogP contribution in [0.1, 0.15) is 16.8 Å². The van der Waals surface area contributed by atoms with Crippen LogP contribution in [-0.2, 0) is 4.79 Å². The largest absolute Gasteiger partial charge is 0.496 e. The highest BCUT2D eigenvalue weighted by Gasteiger charge is 2.32. The number of hydrogen-bond acceptors (Lipinski definition) is 3. The first-order valence-electron chi connectivity index (χ1n) is 5.88. The normalized spacial score (nSPS) is 18.4. The number of hydrogen-bond donors (Lipinski definition) is 1. The number of halogens is 1. The summed E-state index contributed by atoms with van der Waals surface area (Å²) in [5.41, 5.74) is 0.401. The molecule has 0 bridgehead atoms. The van der Waals surface area contributed by atoms with Gasteiger partial charge in [-0.3, -0.25) is 9.59 Å². The average molecular weight is 284 g/mol. The van der Waals surface area contributed by atoms with Crippen molar-refractivity contribution in [2.45, 2.75) is 6.42 Å². The molecule has 1 amide bonds. The Morgan fingerprint density at radius 3 is 2.79 bits per heavy atom. The standard InChI is InChI=1S/C13H14ClNO4/c1-19-11-6-9(14)2-3-10(11)12(16)15-5-4-8(7-15)13(17)18/h2-3,6,8H,4-5,7H2,1H3,(H,17,18). The fraction of sp³-hybridized carbons (Fsp3) is 0.385. The first-order chi connectivity index (χ1) is 9.02. The summed E-state index contributed by atoms with van der Waals surface area (Å²) in [6, 6.07) is 4.78. The fourth-order valence-corrected chi connectivity index (χ4v) is 2.32. The number of aliphatic carboxylic acids is 1. The quantitative estimate of drug-likeness (QED) is 0.920. The molecule has 1 fully saturated rings. The SMILES string of the molecule is COc1cc(Cl)ccc1C(=O)N1CCC(C(=O)O)C1. The zero-order valence-corrected chi connectivity index (χ0v) is 11.2. The highest BCUT2D eigenvalue weighted by molar-refractivity contribution is 6.30. The highest BCUT2D eigenvalue weighted by Crippen LogP contribution is 2.26. The van der Waals surface area contributed by atoms with Gasteiger partial charge < -0.3 is 14.7 Å². The Morgan fingerprint density at radius 1 is 1.47 bits per heavy atom. The molecular formula is C13H14ClNO4. The van der Waals surface area contributed by atoms with Crippen LogP contribution < -0.4 is 4.74 Å². The van der Waals surface area contributed by atoms with Gasteiger partial charge in [-0.25, -0.2) is 0 Å². The molecule has 0 spiro atoms. The smallest absolute Gasteiger partial charge is 0.308 e. The molecule has 102 valence electrons. The number of benzene rings is 1. The van der Waals surface area contributed by atoms with Gasteiger partial charge in [0.2, 0.25) is 0 Å². The summed E-state index contributed by atoms with van der Waals surface area (Å²) >= 11 is 5.84. The molecule has 1 aromatic rings. The van der Waals surface area contributed by atoms with E-state index >= 15 is 0 Å². The number of likely N-dealkylation sites (tertiary alicyclic amines) is 1. The van der Waals surface area contributed by atoms with Crippen LogP contribution in [0.25, 0.3) is 0 Å². The molecular weight excluding hydrogens is 270 g/mol. The minimum absolute atomic E-state index is 0.225. The van der Waals surface area contributed by atoms with Gasteiger partial charge in [0.1, 0.15) is 5.75 Å². The summed E-state index contributed by atoms with van der Waals surface area (Å²) in [6.45, 7) is 0.682. The molecule has 1 aromatic carbocycles. The molecule has 19 heavy (non-hydrogen) atoms. The molecule has 5 nitrogen and oxygen atoms in total. The fourth-order valence-electron chi connectivity index (χ4n) is 2.16. The Morgan fingerprint density at radius 2 is 2.21 bits per heavy atom. The van der Waals surface area contributed by atoms with Gasteiger partial charge in [0.25, 0.3) is 5.91 Å². The van der Waals surface area contributed by atoms with E-state index in [0.717, 1.165) is 0 Å². The minimum atomic E-state index is -0.863. The lowest BCUT2D eigenvalue weighted by atomic mass is 10.1. The summed E-state index contributed by atoms with van der Waals surface area (Å²) in [6.07, 6.45) is 0.483. The second kappa shape index (κ2) is 5.48. The van der Waals surface area contributed by atoms with Gasteiger partial charge in [-0.15, -0.1) is 0 Å². The van der Waals surface area contributed by atoms with E-state index in [1.54, 1.807) is 18.2 Å². The number of amides is 1. The van der Waals surface area contributed by atoms with Crippen molar-refractivity contribution >= 4 is 23.5 Å². The van der Waals surface area contributed by atoms with E-state index in [1.807, 2.05) is 0 Å². The van der Waals surface area contributed by atoms with Crippen molar-refractivity contribution in [1.82, 2.24) is 4.90 Å². The van der Waals surface area contributed by atoms with Crippen molar-refractivity contribution in [2.75, 3.05) is 20.2 Å². The van der Waals surface area contributed by atoms with Gasteiger partial charge in [-0.2, -0.15) is 0 Å². The summed E-state index contributed by atoms with van der Waals surface area (Å²) < 4.78 is 5.13. The molecule has 1 unspecified atom stereocenters. The second-order valence-electron chi connectivity index (χ2n) is 4.42. The predicted molar refractivity (Wildman–Crippen MR) is 69.7 cm³/mol. The third kappa shape index (κ3) is 2.81. The van der Waals surface area contributed by atoms with E-state index in [-0.39, 0.29) is 12.5 Å². The van der Waals surface area contributed by atoms with Crippen molar-refractivity contribution in [3.05, 3.63) is 28.8 Å². The number of rotatable bonds is 3. The Kier molecular flexibility index (Phi) is 3.95. The second-order valence-corrected chi connectivity index (χ2v) is 4.86. The number of carboxylic acid groups (broad SMARTS) is 1. The first-order valence-corrected chi connectivity index (χ1v) is 6.26. The lowest BCUT2D eigenvalue weighted by Gasteiger charge is -2.17. The van der Waals surface area contributed by atoms with Crippen LogP contribution in [0.15, 0.2) is 18.2 Å². The van der Waals surface area contributed by atoms with Gasteiger partial charge in [0.15, 0.2) is 0 Å². The Labute approximate surface area is 115 Å². The molecule has 0 aliphatic carbocycles. The Hall–Kier alpha value is -1.75. The summed E-state index contributed by atoms with van der Waals surface area (Å²) in [7, 11) is 1.46. The van der Waals surface area contributed by atoms with Crippen molar-refractivity contribution in [1.29, 1.82) is 0 Å². The van der Waals surface area contributed by atoms with E-state index < -0.39 is 11.9 Å². The van der Waals surface area contributed by atoms with Gasteiger partial charge in [0, 0.05) is 18.1 Å². The number of ether oxygens (including phenoxy) is 1. The maximum atomic E-state index is 12.3. The number of nitrogens with zero attached hydrogens (tertiary/aromatic N) is 1. The van der Waals surface area contributed by atoms with E-state index in [9.17, 15) is 9.59 Å². The number of carbonyl (C=O) groups excluding carboxylic acids is 1. The van der Waals surface area contributed by atoms with Crippen LogP contribution in [0.4, 0.5) is 0 Å². The van der Waals surface area contributed by atoms with Gasteiger partial charge >= 0.3 is 5.97 Å². The Balaban J connectivity index is 2.19. The van der Waals surface area contributed by atoms with Gasteiger partial charge in [-0.05, 0) is 24.6 Å². The molecule has 0 radical (unpaired) electrons. The number of carboxylic acids is 1. The molecule has 0 aromatic heterocycles. The lowest BCUT2D eigenvalue weighted by Crippen LogP contribution is -2.30. The van der Waals surface area contributed by atoms with E-state index in [4.69, 9.17) is 21.4 Å². The summed E-state index contributed by atoms with van der Waals surface area (Å²) in [4.78, 5) is 24.7. The van der Waals surface area contributed by atoms with Crippen molar-refractivity contribution in [2.24, 2.45) is 5.92 Å². The molecule has 2 rings (SSSR count). The van der Waals surface area contributed by atoms with E-state index in [1.165, 1.54) is 12.0 Å². The Bertz CT molecular complexity index is 517. The highest BCUT2D eigenvalue weighted by atomic mass is 35.5. The predicted octanol–water partition coefficient (Wildman–Crippen LogP) is 1.90. The molecule has 1 heterocycles. The molecule has 1 N–H and O–H groups in total. The third-order valence-electron chi connectivity index (χ3n) is 3.22. The van der Waals surface area contributed by atoms with Crippen LogP contribution >= 0.6 is 11.6 Å². The molecule has 6 heteroatoms. The van der Waals surface area contributed by atoms with Crippen LogP contribution in [0.3, 0.4) is 0 Å². The topological polar surface area (TPSA) is 66.8 Å². The third-order valence-corrected chi connectivity index (χ3v) is 3.45. The van der Waals surface area contributed by atoms with Gasteiger partial charge in [-0.1, -0.05) is 11.6 Å². The van der Waals surface area contributed by atoms with Crippen LogP contribution in [0.2, 0.25) is 5.02 Å². The maximum Gasteiger partial charge on any atom is 0.308 e. The average Bonchev–Trinajstić information content (AvgIpc) is 2.87. The first kappa shape index (κ1) is 13.7. The van der Waals surface area contributed by atoms with Crippen molar-refractivity contribution < 1.29 is 19.4 Å². The molecule has 1 saturated heterocycles. The summed E-state index contributed by atoms with van der Waals surface area (Å²) in [5, 5.41) is 9.42. The number of carbonyl (C=O) groups is 2. The van der Waals surface area contributed by atoms with Crippen molar-refractivity contribution in [3.8, 4) is 5.75 Å². The zero-order valence-electron chi connectivity index (χ0n) is 10.4. The monoisotopic (exact) mass is 283 g/mol. The summed E-state index contributed by atoms with van der Waals surface area (Å²) in [5.74, 6) is -1.17. The zero-order chi connectivity index (χ0) is 14.0. The molecule has 0 saturated carbocycles. The van der Waals surface area contributed by atoms with Crippen LogP contribution in [0, 0.1) is 5.92 Å².